The summed E-state index contributed by atoms with van der Waals surface area (Å²) < 4.78 is 10.0. The lowest BCUT2D eigenvalue weighted by Crippen LogP contribution is -1.98. The molecule has 3 nitrogen and oxygen atoms in total. The Bertz CT molecular complexity index is 788. The zero-order valence-corrected chi connectivity index (χ0v) is 17.5. The molecule has 28 heavy (non-hydrogen) atoms. The van der Waals surface area contributed by atoms with Crippen LogP contribution in [-0.2, 0) is 16.0 Å². The van der Waals surface area contributed by atoms with E-state index >= 15 is 0 Å². The van der Waals surface area contributed by atoms with Crippen LogP contribution in [-0.4, -0.2) is 19.7 Å². The van der Waals surface area contributed by atoms with Crippen molar-refractivity contribution < 1.29 is 15.7 Å². The van der Waals surface area contributed by atoms with Crippen molar-refractivity contribution in [3.63, 3.8) is 0 Å². The lowest BCUT2D eigenvalue weighted by atomic mass is 9.93. The molecule has 3 rings (SSSR count). The van der Waals surface area contributed by atoms with E-state index in [1.54, 1.807) is 6.92 Å². The van der Waals surface area contributed by atoms with Gasteiger partial charge in [0.05, 0.1) is 13.2 Å². The van der Waals surface area contributed by atoms with Crippen LogP contribution < -0.4 is 4.74 Å². The van der Waals surface area contributed by atoms with Gasteiger partial charge in [-0.05, 0) is 73.6 Å². The molecule has 1 aliphatic carbocycles. The Kier molecular flexibility index (Phi) is 8.80. The molecule has 0 N–H and O–H groups in total. The van der Waals surface area contributed by atoms with Gasteiger partial charge >= 0.3 is 0 Å². The van der Waals surface area contributed by atoms with Crippen molar-refractivity contribution in [1.82, 2.24) is 0 Å². The fourth-order valence-electron chi connectivity index (χ4n) is 3.11. The fraction of sp³-hybridized carbons (Fsp3) is 0.360. The highest BCUT2D eigenvalue weighted by Gasteiger charge is 2.12. The van der Waals surface area contributed by atoms with Crippen LogP contribution in [0.4, 0.5) is 0 Å². The van der Waals surface area contributed by atoms with Crippen LogP contribution in [0.25, 0.3) is 11.1 Å². The normalized spacial score (nSPS) is 11.8. The van der Waals surface area contributed by atoms with Crippen LogP contribution in [0, 0.1) is 20.3 Å². The van der Waals surface area contributed by atoms with Crippen LogP contribution >= 0.6 is 0 Å². The van der Waals surface area contributed by atoms with Gasteiger partial charge in [0.25, 0.3) is 6.47 Å². The quantitative estimate of drug-likeness (QED) is 0.380. The maximum atomic E-state index is 9.18. The van der Waals surface area contributed by atoms with Crippen LogP contribution in [0.3, 0.4) is 0 Å². The highest BCUT2D eigenvalue weighted by Crippen LogP contribution is 2.32. The Morgan fingerprint density at radius 2 is 1.79 bits per heavy atom. The Hall–Kier alpha value is -2.55. The molecule has 0 fully saturated rings. The molecule has 0 saturated carbocycles. The summed E-state index contributed by atoms with van der Waals surface area (Å²) in [5, 5.41) is 0. The molecule has 0 aliphatic heterocycles. The molecule has 0 bridgehead atoms. The summed E-state index contributed by atoms with van der Waals surface area (Å²) in [5.41, 5.74) is 8.03. The standard InChI is InChI=1S/C22H25O.C3H6O2.H2/c1-4-5-11-23-21-12-16(2)22(17(3)13-21)20-8-6-7-19(15-20)14-18-9-10-18;1-2-5-3-4;/h6-10,12-13,15H,4-5,11,14H2,1-3H3;3H,2H2,1H3;1H. The van der Waals surface area contributed by atoms with E-state index in [9.17, 15) is 4.79 Å². The maximum absolute atomic E-state index is 9.18. The third-order valence-corrected chi connectivity index (χ3v) is 4.53. The van der Waals surface area contributed by atoms with Crippen molar-refractivity contribution in [2.45, 2.75) is 47.0 Å². The predicted octanol–water partition coefficient (Wildman–Crippen LogP) is 6.26. The zero-order chi connectivity index (χ0) is 20.4. The molecule has 2 aromatic carbocycles. The average molecular weight is 382 g/mol. The van der Waals surface area contributed by atoms with E-state index in [2.05, 4.69) is 74.4 Å². The number of carbonyl (C=O) groups is 1. The minimum absolute atomic E-state index is 0. The van der Waals surface area contributed by atoms with Gasteiger partial charge in [-0.3, -0.25) is 4.79 Å². The van der Waals surface area contributed by atoms with Gasteiger partial charge in [-0.15, -0.1) is 0 Å². The highest BCUT2D eigenvalue weighted by atomic mass is 16.5. The van der Waals surface area contributed by atoms with Crippen molar-refractivity contribution in [2.24, 2.45) is 0 Å². The minimum Gasteiger partial charge on any atom is -0.494 e. The minimum atomic E-state index is 0. The Morgan fingerprint density at radius 1 is 1.07 bits per heavy atom. The van der Waals surface area contributed by atoms with Gasteiger partial charge in [0.15, 0.2) is 0 Å². The number of carbonyl (C=O) groups excluding carboxylic acids is 1. The second kappa shape index (κ2) is 11.3. The Labute approximate surface area is 170 Å². The number of hydrogen-bond donors (Lipinski definition) is 0. The van der Waals surface area contributed by atoms with E-state index in [4.69, 9.17) is 4.74 Å². The van der Waals surface area contributed by atoms with Gasteiger partial charge in [-0.2, -0.15) is 0 Å². The number of benzene rings is 2. The summed E-state index contributed by atoms with van der Waals surface area (Å²) in [6.45, 7) is 10.0. The summed E-state index contributed by atoms with van der Waals surface area (Å²) in [6, 6.07) is 13.2. The molecular weight excluding hydrogens is 348 g/mol. The molecule has 0 unspecified atom stereocenters. The second-order valence-corrected chi connectivity index (χ2v) is 6.97. The number of rotatable bonds is 9. The molecule has 1 radical (unpaired) electrons. The van der Waals surface area contributed by atoms with Gasteiger partial charge in [-0.25, -0.2) is 0 Å². The van der Waals surface area contributed by atoms with E-state index in [0.717, 1.165) is 31.6 Å². The van der Waals surface area contributed by atoms with Gasteiger partial charge in [0.1, 0.15) is 5.75 Å². The summed E-state index contributed by atoms with van der Waals surface area (Å²) in [4.78, 5) is 9.18. The molecular formula is C25H33O3. The van der Waals surface area contributed by atoms with Gasteiger partial charge in [0.2, 0.25) is 0 Å². The summed E-state index contributed by atoms with van der Waals surface area (Å²) in [7, 11) is 0. The van der Waals surface area contributed by atoms with Crippen LogP contribution in [0.5, 0.6) is 5.75 Å². The molecule has 0 atom stereocenters. The first-order valence-electron chi connectivity index (χ1n) is 10.0. The molecule has 151 valence electrons. The van der Waals surface area contributed by atoms with Crippen LogP contribution in [0.1, 0.15) is 44.8 Å². The van der Waals surface area contributed by atoms with E-state index in [-0.39, 0.29) is 1.43 Å². The third-order valence-electron chi connectivity index (χ3n) is 4.53. The fourth-order valence-corrected chi connectivity index (χ4v) is 3.11. The van der Waals surface area contributed by atoms with E-state index in [1.165, 1.54) is 33.4 Å². The highest BCUT2D eigenvalue weighted by molar-refractivity contribution is 5.72. The van der Waals surface area contributed by atoms with Gasteiger partial charge in [0, 0.05) is 7.85 Å². The predicted molar refractivity (Wildman–Crippen MR) is 118 cm³/mol. The Balaban J connectivity index is 0.000000628. The number of allylic oxidation sites excluding steroid dienone is 2. The molecule has 3 heteroatoms. The molecule has 2 aromatic rings. The topological polar surface area (TPSA) is 35.5 Å². The monoisotopic (exact) mass is 381 g/mol. The summed E-state index contributed by atoms with van der Waals surface area (Å²) in [5.74, 6) is 0.992. The maximum Gasteiger partial charge on any atom is 0.293 e. The van der Waals surface area contributed by atoms with E-state index in [1.807, 2.05) is 0 Å². The van der Waals surface area contributed by atoms with E-state index < -0.39 is 0 Å². The van der Waals surface area contributed by atoms with E-state index in [0.29, 0.717) is 13.1 Å². The van der Waals surface area contributed by atoms with Crippen molar-refractivity contribution in [3.05, 3.63) is 71.2 Å². The smallest absolute Gasteiger partial charge is 0.293 e. The third kappa shape index (κ3) is 6.88. The van der Waals surface area contributed by atoms with Gasteiger partial charge < -0.3 is 9.47 Å². The first-order chi connectivity index (χ1) is 13.6. The number of aryl methyl sites for hydroxylation is 2. The van der Waals surface area contributed by atoms with Crippen molar-refractivity contribution >= 4 is 6.47 Å². The van der Waals surface area contributed by atoms with Crippen molar-refractivity contribution in [1.29, 1.82) is 0 Å². The largest absolute Gasteiger partial charge is 0.494 e. The number of ether oxygens (including phenoxy) is 2. The lowest BCUT2D eigenvalue weighted by Gasteiger charge is -2.14. The molecule has 0 amide bonds. The van der Waals surface area contributed by atoms with Crippen LogP contribution in [0.15, 0.2) is 48.0 Å². The number of hydrogen-bond acceptors (Lipinski definition) is 3. The van der Waals surface area contributed by atoms with Crippen molar-refractivity contribution in [3.8, 4) is 16.9 Å². The first kappa shape index (κ1) is 21.7. The second-order valence-electron chi connectivity index (χ2n) is 6.97. The molecule has 0 aromatic heterocycles. The van der Waals surface area contributed by atoms with Gasteiger partial charge in [-0.1, -0.05) is 49.3 Å². The van der Waals surface area contributed by atoms with Crippen molar-refractivity contribution in [2.75, 3.05) is 13.2 Å². The first-order valence-corrected chi connectivity index (χ1v) is 10.0. The average Bonchev–Trinajstić information content (AvgIpc) is 3.47. The zero-order valence-electron chi connectivity index (χ0n) is 17.5. The lowest BCUT2D eigenvalue weighted by molar-refractivity contribution is -0.128. The molecule has 0 spiro atoms. The summed E-state index contributed by atoms with van der Waals surface area (Å²) >= 11 is 0. The van der Waals surface area contributed by atoms with Crippen LogP contribution in [0.2, 0.25) is 0 Å². The molecule has 0 saturated heterocycles. The number of unbranched alkanes of at least 4 members (excludes halogenated alkanes) is 1. The molecule has 0 heterocycles. The summed E-state index contributed by atoms with van der Waals surface area (Å²) in [6.07, 6.45) is 7.69. The SMILES string of the molecule is CCCCOc1cc(C)c(-c2cccc(CC3=C[CH]3)c2)c(C)c1.CCOC=O.[HH]. The molecule has 1 aliphatic rings. The Morgan fingerprint density at radius 3 is 2.32 bits per heavy atom.